The Kier molecular flexibility index (Phi) is 8.55. The molecule has 0 saturated heterocycles. The normalized spacial score (nSPS) is 16.0. The Morgan fingerprint density at radius 3 is 2.02 bits per heavy atom. The van der Waals surface area contributed by atoms with E-state index in [1.807, 2.05) is 0 Å². The first-order chi connectivity index (χ1) is 24.9. The number of aliphatic carboxylic acids is 1. The van der Waals surface area contributed by atoms with Gasteiger partial charge in [-0.25, -0.2) is 0 Å². The molecule has 0 unspecified atom stereocenters. The zero-order chi connectivity index (χ0) is 35.1. The molecule has 0 atom stereocenters. The molecule has 6 nitrogen and oxygen atoms in total. The van der Waals surface area contributed by atoms with Gasteiger partial charge >= 0.3 is 292 Å². The number of hydrogen-bond acceptors (Lipinski definition) is 4. The number of benzene rings is 6. The van der Waals surface area contributed by atoms with Crippen LogP contribution in [0.3, 0.4) is 0 Å². The maximum absolute atomic E-state index is 11.9. The molecule has 51 heavy (non-hydrogen) atoms. The van der Waals surface area contributed by atoms with E-state index in [0.717, 1.165) is 16.8 Å². The van der Waals surface area contributed by atoms with Gasteiger partial charge in [-0.1, -0.05) is 12.1 Å². The standard InChI is InChI=1S/C44H36N2O4Se/c1-44(2)37(45(25-24-39(48)49)41-34-19-11-7-15-30(34)29-14-6-10-18-33(29)40(41)44)22-4-3-5-23-38-46(26-27-50-28-47)42-35-20-12-8-16-31(35)32-17-9-13-21-36(32)43(42)51-38/h3-23,28H,24-27H2,1-2H3/p+1. The molecule has 0 aromatic heterocycles. The van der Waals surface area contributed by atoms with Gasteiger partial charge in [0.1, 0.15) is 0 Å². The van der Waals surface area contributed by atoms with E-state index in [-0.39, 0.29) is 26.8 Å². The average molecular weight is 737 g/mol. The summed E-state index contributed by atoms with van der Waals surface area (Å²) in [4.78, 5) is 25.3. The Morgan fingerprint density at radius 2 is 1.35 bits per heavy atom. The quantitative estimate of drug-likeness (QED) is 0.0385. The summed E-state index contributed by atoms with van der Waals surface area (Å²) in [5, 5.41) is 19.4. The number of hydrogen-bond donors (Lipinski definition) is 1. The van der Waals surface area contributed by atoms with Crippen molar-refractivity contribution in [2.24, 2.45) is 0 Å². The van der Waals surface area contributed by atoms with E-state index in [9.17, 15) is 14.7 Å². The minimum atomic E-state index is -0.815. The number of carbonyl (C=O) groups excluding carboxylic acids is 1. The van der Waals surface area contributed by atoms with E-state index in [1.165, 1.54) is 58.0 Å². The maximum atomic E-state index is 11.9. The van der Waals surface area contributed by atoms with Gasteiger partial charge in [0.05, 0.1) is 0 Å². The second-order valence-electron chi connectivity index (χ2n) is 13.4. The molecule has 2 aliphatic rings. The molecule has 1 N–H and O–H groups in total. The summed E-state index contributed by atoms with van der Waals surface area (Å²) >= 11 is 0.0355. The van der Waals surface area contributed by atoms with Crippen LogP contribution in [0.25, 0.3) is 43.1 Å². The Hall–Kier alpha value is -5.49. The molecule has 6 aromatic rings. The monoisotopic (exact) mass is 737 g/mol. The van der Waals surface area contributed by atoms with Crippen molar-refractivity contribution in [3.8, 4) is 0 Å². The van der Waals surface area contributed by atoms with Crippen molar-refractivity contribution < 1.29 is 24.0 Å². The van der Waals surface area contributed by atoms with Crippen LogP contribution < -0.4 is 9.36 Å². The Labute approximate surface area is 302 Å². The van der Waals surface area contributed by atoms with Crippen molar-refractivity contribution in [2.75, 3.05) is 24.6 Å². The Morgan fingerprint density at radius 1 is 0.784 bits per heavy atom. The molecule has 0 aliphatic carbocycles. The SMILES string of the molecule is CC1(C)C(/C=C/C=C/C=C2/[Se]c3c(c4ccccc4c4ccccc34)N2CCOC=O)=[N+](CCC(=O)O)c2c1c1ccccc1c1ccccc21. The van der Waals surface area contributed by atoms with E-state index in [1.54, 1.807) is 0 Å². The number of ether oxygens (including phenoxy) is 1. The summed E-state index contributed by atoms with van der Waals surface area (Å²) < 4.78 is 9.95. The van der Waals surface area contributed by atoms with Crippen molar-refractivity contribution in [2.45, 2.75) is 25.7 Å². The van der Waals surface area contributed by atoms with Gasteiger partial charge in [-0.2, -0.15) is 0 Å². The first-order valence-electron chi connectivity index (χ1n) is 17.2. The molecule has 6 aromatic carbocycles. The van der Waals surface area contributed by atoms with Crippen LogP contribution in [0.1, 0.15) is 25.8 Å². The third-order valence-corrected chi connectivity index (χ3v) is 12.6. The summed E-state index contributed by atoms with van der Waals surface area (Å²) in [5.74, 6) is -0.815. The van der Waals surface area contributed by atoms with Crippen molar-refractivity contribution in [1.82, 2.24) is 0 Å². The molecule has 2 heterocycles. The molecule has 0 radical (unpaired) electrons. The van der Waals surface area contributed by atoms with Crippen LogP contribution >= 0.6 is 0 Å². The first kappa shape index (κ1) is 32.7. The van der Waals surface area contributed by atoms with Crippen LogP contribution in [0.5, 0.6) is 0 Å². The molecule has 252 valence electrons. The van der Waals surface area contributed by atoms with Crippen LogP contribution in [0.4, 0.5) is 11.4 Å². The van der Waals surface area contributed by atoms with Gasteiger partial charge in [-0.3, -0.25) is 0 Å². The summed E-state index contributed by atoms with van der Waals surface area (Å²) in [7, 11) is 0. The van der Waals surface area contributed by atoms with Crippen molar-refractivity contribution >= 4 is 92.0 Å². The van der Waals surface area contributed by atoms with Crippen molar-refractivity contribution in [3.05, 3.63) is 138 Å². The number of allylic oxidation sites excluding steroid dienone is 5. The predicted molar refractivity (Wildman–Crippen MR) is 209 cm³/mol. The predicted octanol–water partition coefficient (Wildman–Crippen LogP) is 8.13. The van der Waals surface area contributed by atoms with Crippen molar-refractivity contribution in [1.29, 1.82) is 0 Å². The summed E-state index contributed by atoms with van der Waals surface area (Å²) in [6.07, 6.45) is 10.6. The fourth-order valence-corrected chi connectivity index (χ4v) is 10.6. The number of anilines is 1. The topological polar surface area (TPSA) is 69.8 Å². The number of carbonyl (C=O) groups is 2. The number of carboxylic acid groups (broad SMARTS) is 1. The average Bonchev–Trinajstić information content (AvgIpc) is 3.62. The molecule has 8 rings (SSSR count). The van der Waals surface area contributed by atoms with Gasteiger partial charge in [0, 0.05) is 0 Å². The van der Waals surface area contributed by atoms with Gasteiger partial charge in [-0.05, 0) is 0 Å². The second-order valence-corrected chi connectivity index (χ2v) is 15.5. The minimum absolute atomic E-state index is 0.0333. The third-order valence-electron chi connectivity index (χ3n) is 10.1. The number of rotatable bonds is 10. The van der Waals surface area contributed by atoms with Gasteiger partial charge in [0.2, 0.25) is 0 Å². The Balaban J connectivity index is 1.19. The van der Waals surface area contributed by atoms with Gasteiger partial charge in [0.25, 0.3) is 0 Å². The number of carboxylic acids is 1. The fourth-order valence-electron chi connectivity index (χ4n) is 7.98. The molecule has 0 spiro atoms. The molecule has 0 amide bonds. The summed E-state index contributed by atoms with van der Waals surface area (Å²) in [5.41, 5.74) is 4.23. The fraction of sp³-hybridized carbons (Fsp3) is 0.159. The summed E-state index contributed by atoms with van der Waals surface area (Å²) in [6.45, 7) is 6.24. The zero-order valence-electron chi connectivity index (χ0n) is 28.5. The zero-order valence-corrected chi connectivity index (χ0v) is 30.2. The third kappa shape index (κ3) is 5.54. The first-order valence-corrected chi connectivity index (χ1v) is 18.9. The van der Waals surface area contributed by atoms with E-state index in [4.69, 9.17) is 4.74 Å². The second kappa shape index (κ2) is 13.3. The van der Waals surface area contributed by atoms with Crippen LogP contribution in [-0.2, 0) is 19.7 Å². The van der Waals surface area contributed by atoms with Crippen LogP contribution in [0.2, 0.25) is 0 Å². The van der Waals surface area contributed by atoms with Crippen LogP contribution in [-0.4, -0.2) is 62.5 Å². The van der Waals surface area contributed by atoms with Crippen molar-refractivity contribution in [3.63, 3.8) is 0 Å². The molecule has 0 fully saturated rings. The van der Waals surface area contributed by atoms with E-state index in [2.05, 4.69) is 151 Å². The van der Waals surface area contributed by atoms with Gasteiger partial charge in [-0.15, -0.1) is 0 Å². The van der Waals surface area contributed by atoms with Gasteiger partial charge < -0.3 is 0 Å². The van der Waals surface area contributed by atoms with Crippen LogP contribution in [0, 0.1) is 0 Å². The van der Waals surface area contributed by atoms with Crippen LogP contribution in [0.15, 0.2) is 132 Å². The Bertz CT molecular complexity index is 2530. The summed E-state index contributed by atoms with van der Waals surface area (Å²) in [6, 6.07) is 34.1. The van der Waals surface area contributed by atoms with E-state index in [0.29, 0.717) is 26.2 Å². The molecule has 2 aliphatic heterocycles. The van der Waals surface area contributed by atoms with Gasteiger partial charge in [0.15, 0.2) is 0 Å². The molecular formula is C44H37N2O4Se+. The molecule has 0 saturated carbocycles. The number of nitrogens with zero attached hydrogens (tertiary/aromatic N) is 2. The number of fused-ring (bicyclic) bond motifs is 12. The van der Waals surface area contributed by atoms with E-state index >= 15 is 0 Å². The van der Waals surface area contributed by atoms with E-state index < -0.39 is 5.97 Å². The molecule has 7 heteroatoms. The molecular weight excluding hydrogens is 699 g/mol. The molecule has 0 bridgehead atoms.